The van der Waals surface area contributed by atoms with E-state index in [0.29, 0.717) is 6.04 Å². The van der Waals surface area contributed by atoms with E-state index in [4.69, 9.17) is 12.2 Å². The highest BCUT2D eigenvalue weighted by Gasteiger charge is 2.21. The molecule has 18 heavy (non-hydrogen) atoms. The normalized spacial score (nSPS) is 16.9. The second kappa shape index (κ2) is 6.16. The summed E-state index contributed by atoms with van der Waals surface area (Å²) in [5.41, 5.74) is 1.07. The zero-order chi connectivity index (χ0) is 13.0. The van der Waals surface area contributed by atoms with E-state index >= 15 is 0 Å². The van der Waals surface area contributed by atoms with Crippen molar-refractivity contribution < 1.29 is 0 Å². The highest BCUT2D eigenvalue weighted by atomic mass is 32.1. The SMILES string of the molecule is CN(C)C1CCN(C(=S)Nc2ccccc2)CC1. The van der Waals surface area contributed by atoms with Gasteiger partial charge in [0.25, 0.3) is 0 Å². The van der Waals surface area contributed by atoms with Crippen LogP contribution in [0.1, 0.15) is 12.8 Å². The Labute approximate surface area is 115 Å². The Morgan fingerprint density at radius 1 is 1.22 bits per heavy atom. The minimum Gasteiger partial charge on any atom is -0.349 e. The number of para-hydroxylation sites is 1. The highest BCUT2D eigenvalue weighted by Crippen LogP contribution is 2.15. The van der Waals surface area contributed by atoms with Gasteiger partial charge in [-0.25, -0.2) is 0 Å². The van der Waals surface area contributed by atoms with Crippen LogP contribution in [0.5, 0.6) is 0 Å². The van der Waals surface area contributed by atoms with Crippen molar-refractivity contribution in [3.63, 3.8) is 0 Å². The molecular formula is C14H21N3S. The fourth-order valence-corrected chi connectivity index (χ4v) is 2.61. The molecule has 0 unspecified atom stereocenters. The highest BCUT2D eigenvalue weighted by molar-refractivity contribution is 7.80. The van der Waals surface area contributed by atoms with E-state index in [1.165, 1.54) is 12.8 Å². The van der Waals surface area contributed by atoms with Crippen molar-refractivity contribution in [1.82, 2.24) is 9.80 Å². The van der Waals surface area contributed by atoms with Gasteiger partial charge in [-0.1, -0.05) is 18.2 Å². The molecule has 1 heterocycles. The van der Waals surface area contributed by atoms with Gasteiger partial charge < -0.3 is 15.1 Å². The summed E-state index contributed by atoms with van der Waals surface area (Å²) in [5, 5.41) is 4.15. The largest absolute Gasteiger partial charge is 0.349 e. The topological polar surface area (TPSA) is 18.5 Å². The van der Waals surface area contributed by atoms with Gasteiger partial charge in [0.15, 0.2) is 5.11 Å². The summed E-state index contributed by atoms with van der Waals surface area (Å²) in [6.45, 7) is 2.09. The molecule has 0 amide bonds. The number of nitrogens with zero attached hydrogens (tertiary/aromatic N) is 2. The summed E-state index contributed by atoms with van der Waals surface area (Å²) in [4.78, 5) is 4.58. The molecule has 4 heteroatoms. The zero-order valence-corrected chi connectivity index (χ0v) is 11.9. The first-order chi connectivity index (χ1) is 8.66. The number of benzene rings is 1. The fraction of sp³-hybridized carbons (Fsp3) is 0.500. The maximum Gasteiger partial charge on any atom is 0.173 e. The lowest BCUT2D eigenvalue weighted by atomic mass is 10.0. The lowest BCUT2D eigenvalue weighted by Gasteiger charge is -2.36. The minimum absolute atomic E-state index is 0.695. The number of piperidine rings is 1. The quantitative estimate of drug-likeness (QED) is 0.826. The van der Waals surface area contributed by atoms with E-state index in [1.807, 2.05) is 30.3 Å². The Hall–Kier alpha value is -1.13. The van der Waals surface area contributed by atoms with Crippen molar-refractivity contribution >= 4 is 23.0 Å². The predicted octanol–water partition coefficient (Wildman–Crippen LogP) is 2.41. The molecule has 0 radical (unpaired) electrons. The molecule has 1 fully saturated rings. The van der Waals surface area contributed by atoms with E-state index in [-0.39, 0.29) is 0 Å². The molecule has 98 valence electrons. The second-order valence-corrected chi connectivity index (χ2v) is 5.36. The van der Waals surface area contributed by atoms with Crippen LogP contribution in [0, 0.1) is 0 Å². The number of hydrogen-bond donors (Lipinski definition) is 1. The molecule has 0 spiro atoms. The van der Waals surface area contributed by atoms with Gasteiger partial charge >= 0.3 is 0 Å². The van der Waals surface area contributed by atoms with Gasteiger partial charge in [0.05, 0.1) is 0 Å². The first-order valence-electron chi connectivity index (χ1n) is 6.44. The average molecular weight is 263 g/mol. The van der Waals surface area contributed by atoms with Gasteiger partial charge in [-0.05, 0) is 51.3 Å². The summed E-state index contributed by atoms with van der Waals surface area (Å²) in [6, 6.07) is 10.8. The molecule has 2 rings (SSSR count). The molecule has 0 aromatic heterocycles. The molecule has 1 saturated heterocycles. The number of anilines is 1. The third-order valence-electron chi connectivity index (χ3n) is 3.51. The minimum atomic E-state index is 0.695. The smallest absolute Gasteiger partial charge is 0.173 e. The van der Waals surface area contributed by atoms with Crippen molar-refractivity contribution in [3.05, 3.63) is 30.3 Å². The van der Waals surface area contributed by atoms with Crippen LogP contribution in [0.25, 0.3) is 0 Å². The standard InChI is InChI=1S/C14H21N3S/c1-16(2)13-8-10-17(11-9-13)14(18)15-12-6-4-3-5-7-12/h3-7,13H,8-11H2,1-2H3,(H,15,18). The summed E-state index contributed by atoms with van der Waals surface area (Å²) in [7, 11) is 4.31. The van der Waals surface area contributed by atoms with Crippen LogP contribution >= 0.6 is 12.2 Å². The summed E-state index contributed by atoms with van der Waals surface area (Å²) in [6.07, 6.45) is 2.37. The monoisotopic (exact) mass is 263 g/mol. The molecule has 0 atom stereocenters. The number of rotatable bonds is 2. The van der Waals surface area contributed by atoms with Crippen LogP contribution < -0.4 is 5.32 Å². The zero-order valence-electron chi connectivity index (χ0n) is 11.1. The van der Waals surface area contributed by atoms with Crippen molar-refractivity contribution in [2.75, 3.05) is 32.5 Å². The first-order valence-corrected chi connectivity index (χ1v) is 6.85. The molecule has 3 nitrogen and oxygen atoms in total. The molecule has 0 bridgehead atoms. The van der Waals surface area contributed by atoms with Crippen LogP contribution in [0.2, 0.25) is 0 Å². The molecule has 0 saturated carbocycles. The van der Waals surface area contributed by atoms with Gasteiger partial charge in [-0.15, -0.1) is 0 Å². The second-order valence-electron chi connectivity index (χ2n) is 4.98. The molecule has 1 N–H and O–H groups in total. The van der Waals surface area contributed by atoms with Gasteiger partial charge in [0.1, 0.15) is 0 Å². The van der Waals surface area contributed by atoms with E-state index < -0.39 is 0 Å². The molecule has 1 aliphatic rings. The average Bonchev–Trinajstić information content (AvgIpc) is 2.40. The van der Waals surface area contributed by atoms with Crippen LogP contribution in [0.4, 0.5) is 5.69 Å². The van der Waals surface area contributed by atoms with Gasteiger partial charge in [0, 0.05) is 24.8 Å². The van der Waals surface area contributed by atoms with Crippen molar-refractivity contribution in [2.24, 2.45) is 0 Å². The van der Waals surface area contributed by atoms with E-state index in [1.54, 1.807) is 0 Å². The Morgan fingerprint density at radius 2 is 1.83 bits per heavy atom. The maximum absolute atomic E-state index is 5.46. The van der Waals surface area contributed by atoms with E-state index in [0.717, 1.165) is 23.9 Å². The number of thiocarbonyl (C=S) groups is 1. The van der Waals surface area contributed by atoms with Crippen molar-refractivity contribution in [1.29, 1.82) is 0 Å². The maximum atomic E-state index is 5.46. The van der Waals surface area contributed by atoms with Gasteiger partial charge in [-0.2, -0.15) is 0 Å². The Morgan fingerprint density at radius 3 is 2.39 bits per heavy atom. The van der Waals surface area contributed by atoms with E-state index in [9.17, 15) is 0 Å². The van der Waals surface area contributed by atoms with Crippen molar-refractivity contribution in [2.45, 2.75) is 18.9 Å². The Bertz CT molecular complexity index is 383. The Kier molecular flexibility index (Phi) is 4.55. The van der Waals surface area contributed by atoms with Gasteiger partial charge in [-0.3, -0.25) is 0 Å². The molecular weight excluding hydrogens is 242 g/mol. The predicted molar refractivity (Wildman–Crippen MR) is 80.9 cm³/mol. The third kappa shape index (κ3) is 3.43. The van der Waals surface area contributed by atoms with Crippen LogP contribution in [-0.4, -0.2) is 48.1 Å². The third-order valence-corrected chi connectivity index (χ3v) is 3.87. The van der Waals surface area contributed by atoms with Crippen molar-refractivity contribution in [3.8, 4) is 0 Å². The summed E-state index contributed by atoms with van der Waals surface area (Å²) >= 11 is 5.46. The fourth-order valence-electron chi connectivity index (χ4n) is 2.31. The van der Waals surface area contributed by atoms with E-state index in [2.05, 4.69) is 29.2 Å². The molecule has 0 aliphatic carbocycles. The number of hydrogen-bond acceptors (Lipinski definition) is 2. The first kappa shape index (κ1) is 13.3. The number of likely N-dealkylation sites (tertiary alicyclic amines) is 1. The van der Waals surface area contributed by atoms with Crippen LogP contribution in [0.15, 0.2) is 30.3 Å². The molecule has 1 aromatic rings. The number of nitrogens with one attached hydrogen (secondary N) is 1. The molecule has 1 aliphatic heterocycles. The lowest BCUT2D eigenvalue weighted by Crippen LogP contribution is -2.45. The molecule has 1 aromatic carbocycles. The summed E-state index contributed by atoms with van der Waals surface area (Å²) in [5.74, 6) is 0. The van der Waals surface area contributed by atoms with Gasteiger partial charge in [0.2, 0.25) is 0 Å². The summed E-state index contributed by atoms with van der Waals surface area (Å²) < 4.78 is 0. The van der Waals surface area contributed by atoms with Crippen LogP contribution in [-0.2, 0) is 0 Å². The lowest BCUT2D eigenvalue weighted by molar-refractivity contribution is 0.193. The Balaban J connectivity index is 1.85. The van der Waals surface area contributed by atoms with Crippen LogP contribution in [0.3, 0.4) is 0 Å².